The van der Waals surface area contributed by atoms with Gasteiger partial charge in [-0.3, -0.25) is 9.48 Å². The Morgan fingerprint density at radius 2 is 1.91 bits per heavy atom. The summed E-state index contributed by atoms with van der Waals surface area (Å²) in [6, 6.07) is 23.0. The molecule has 0 fully saturated rings. The standard InChI is InChI=1S/C25H21N5O2/c1-30-22(14-16-6-3-2-4-7-16)28-25(29-30)17-8-5-9-18(15-17)32-21-11-10-20-19(12-13-27-20)23(21)24(26)31/h2-13,15,27H,14H2,1H3,(H2,26,31). The number of ether oxygens (including phenoxy) is 1. The number of aryl methyl sites for hydroxylation is 1. The van der Waals surface area contributed by atoms with Crippen molar-refractivity contribution in [3.63, 3.8) is 0 Å². The number of hydrogen-bond donors (Lipinski definition) is 2. The van der Waals surface area contributed by atoms with Gasteiger partial charge in [0, 0.05) is 36.1 Å². The van der Waals surface area contributed by atoms with E-state index in [1.807, 2.05) is 61.6 Å². The Bertz CT molecular complexity index is 1420. The number of amides is 1. The Kier molecular flexibility index (Phi) is 4.91. The molecular weight excluding hydrogens is 402 g/mol. The van der Waals surface area contributed by atoms with Crippen molar-refractivity contribution < 1.29 is 9.53 Å². The first-order valence-electron chi connectivity index (χ1n) is 10.2. The summed E-state index contributed by atoms with van der Waals surface area (Å²) in [4.78, 5) is 19.9. The van der Waals surface area contributed by atoms with Gasteiger partial charge in [0.15, 0.2) is 5.82 Å². The Hall–Kier alpha value is -4.39. The second-order valence-corrected chi connectivity index (χ2v) is 7.51. The van der Waals surface area contributed by atoms with Crippen LogP contribution < -0.4 is 10.5 Å². The number of aromatic nitrogens is 4. The maximum atomic E-state index is 12.1. The predicted molar refractivity (Wildman–Crippen MR) is 123 cm³/mol. The molecule has 0 saturated heterocycles. The summed E-state index contributed by atoms with van der Waals surface area (Å²) in [6.07, 6.45) is 2.46. The van der Waals surface area contributed by atoms with Crippen molar-refractivity contribution in [1.82, 2.24) is 19.7 Å². The molecule has 0 unspecified atom stereocenters. The van der Waals surface area contributed by atoms with E-state index in [-0.39, 0.29) is 0 Å². The molecule has 5 aromatic rings. The van der Waals surface area contributed by atoms with E-state index in [0.29, 0.717) is 29.3 Å². The molecule has 0 atom stereocenters. The number of primary amides is 1. The fourth-order valence-electron chi connectivity index (χ4n) is 3.75. The van der Waals surface area contributed by atoms with E-state index >= 15 is 0 Å². The van der Waals surface area contributed by atoms with E-state index in [0.717, 1.165) is 22.3 Å². The van der Waals surface area contributed by atoms with Crippen LogP contribution in [0.5, 0.6) is 11.5 Å². The summed E-state index contributed by atoms with van der Waals surface area (Å²) >= 11 is 0. The number of hydrogen-bond acceptors (Lipinski definition) is 4. The largest absolute Gasteiger partial charge is 0.456 e. The zero-order valence-corrected chi connectivity index (χ0v) is 17.4. The van der Waals surface area contributed by atoms with Crippen molar-refractivity contribution in [2.75, 3.05) is 0 Å². The van der Waals surface area contributed by atoms with Crippen LogP contribution in [-0.2, 0) is 13.5 Å². The molecule has 0 aliphatic carbocycles. The number of fused-ring (bicyclic) bond motifs is 1. The molecule has 5 rings (SSSR count). The fourth-order valence-corrected chi connectivity index (χ4v) is 3.75. The lowest BCUT2D eigenvalue weighted by Gasteiger charge is -2.11. The number of H-pyrrole nitrogens is 1. The van der Waals surface area contributed by atoms with Crippen LogP contribution in [0.1, 0.15) is 21.7 Å². The van der Waals surface area contributed by atoms with Gasteiger partial charge in [0.05, 0.1) is 5.56 Å². The molecule has 1 amide bonds. The number of benzene rings is 3. The third-order valence-corrected chi connectivity index (χ3v) is 5.32. The number of nitrogens with zero attached hydrogens (tertiary/aromatic N) is 3. The molecule has 32 heavy (non-hydrogen) atoms. The maximum Gasteiger partial charge on any atom is 0.253 e. The highest BCUT2D eigenvalue weighted by Gasteiger charge is 2.16. The predicted octanol–water partition coefficient (Wildman–Crippen LogP) is 4.45. The Balaban J connectivity index is 1.45. The molecule has 7 heteroatoms. The molecular formula is C25H21N5O2. The quantitative estimate of drug-likeness (QED) is 0.422. The lowest BCUT2D eigenvalue weighted by atomic mass is 10.1. The molecule has 3 aromatic carbocycles. The number of aromatic amines is 1. The van der Waals surface area contributed by atoms with Gasteiger partial charge in [-0.25, -0.2) is 4.98 Å². The Morgan fingerprint density at radius 1 is 1.06 bits per heavy atom. The average Bonchev–Trinajstić information content (AvgIpc) is 3.41. The van der Waals surface area contributed by atoms with E-state index < -0.39 is 5.91 Å². The number of carbonyl (C=O) groups excluding carboxylic acids is 1. The maximum absolute atomic E-state index is 12.1. The minimum absolute atomic E-state index is 0.343. The van der Waals surface area contributed by atoms with Crippen molar-refractivity contribution in [3.05, 3.63) is 95.9 Å². The van der Waals surface area contributed by atoms with Crippen molar-refractivity contribution >= 4 is 16.8 Å². The van der Waals surface area contributed by atoms with E-state index in [1.165, 1.54) is 5.56 Å². The second-order valence-electron chi connectivity index (χ2n) is 7.51. The molecule has 7 nitrogen and oxygen atoms in total. The van der Waals surface area contributed by atoms with Gasteiger partial charge in [0.2, 0.25) is 0 Å². The minimum Gasteiger partial charge on any atom is -0.456 e. The van der Waals surface area contributed by atoms with Gasteiger partial charge in [0.1, 0.15) is 17.3 Å². The summed E-state index contributed by atoms with van der Waals surface area (Å²) in [7, 11) is 1.89. The smallest absolute Gasteiger partial charge is 0.253 e. The SMILES string of the molecule is Cn1nc(-c2cccc(Oc3ccc4[nH]ccc4c3C(N)=O)c2)nc1Cc1ccccc1. The summed E-state index contributed by atoms with van der Waals surface area (Å²) in [6.45, 7) is 0. The molecule has 0 radical (unpaired) electrons. The summed E-state index contributed by atoms with van der Waals surface area (Å²) in [5.74, 6) is 1.90. The topological polar surface area (TPSA) is 98.8 Å². The van der Waals surface area contributed by atoms with Gasteiger partial charge in [-0.1, -0.05) is 42.5 Å². The summed E-state index contributed by atoms with van der Waals surface area (Å²) < 4.78 is 7.86. The van der Waals surface area contributed by atoms with Gasteiger partial charge in [-0.05, 0) is 35.9 Å². The van der Waals surface area contributed by atoms with E-state index in [4.69, 9.17) is 15.5 Å². The molecule has 158 valence electrons. The molecule has 0 spiro atoms. The van der Waals surface area contributed by atoms with Crippen LogP contribution in [0.4, 0.5) is 0 Å². The highest BCUT2D eigenvalue weighted by Crippen LogP contribution is 2.32. The Morgan fingerprint density at radius 3 is 2.72 bits per heavy atom. The number of rotatable bonds is 6. The van der Waals surface area contributed by atoms with E-state index in [9.17, 15) is 4.79 Å². The normalized spacial score (nSPS) is 11.0. The van der Waals surface area contributed by atoms with E-state index in [1.54, 1.807) is 16.9 Å². The number of carbonyl (C=O) groups is 1. The molecule has 0 saturated carbocycles. The van der Waals surface area contributed by atoms with Crippen molar-refractivity contribution in [2.24, 2.45) is 12.8 Å². The Labute approximate surface area is 184 Å². The summed E-state index contributed by atoms with van der Waals surface area (Å²) in [5.41, 5.74) is 8.80. The van der Waals surface area contributed by atoms with Crippen LogP contribution in [-0.4, -0.2) is 25.7 Å². The minimum atomic E-state index is -0.543. The second kappa shape index (κ2) is 8.03. The molecule has 0 aliphatic heterocycles. The van der Waals surface area contributed by atoms with Crippen molar-refractivity contribution in [2.45, 2.75) is 6.42 Å². The lowest BCUT2D eigenvalue weighted by molar-refractivity contribution is 0.1000. The van der Waals surface area contributed by atoms with Crippen LogP contribution >= 0.6 is 0 Å². The first kappa shape index (κ1) is 19.6. The number of nitrogens with two attached hydrogens (primary N) is 1. The monoisotopic (exact) mass is 423 g/mol. The van der Waals surface area contributed by atoms with Crippen molar-refractivity contribution in [1.29, 1.82) is 0 Å². The van der Waals surface area contributed by atoms with Crippen LogP contribution in [0, 0.1) is 0 Å². The molecule has 2 aromatic heterocycles. The number of nitrogens with one attached hydrogen (secondary N) is 1. The zero-order chi connectivity index (χ0) is 22.1. The van der Waals surface area contributed by atoms with E-state index in [2.05, 4.69) is 22.2 Å². The third kappa shape index (κ3) is 3.72. The van der Waals surface area contributed by atoms with Gasteiger partial charge in [-0.2, -0.15) is 5.10 Å². The first-order valence-corrected chi connectivity index (χ1v) is 10.2. The van der Waals surface area contributed by atoms with Crippen LogP contribution in [0.15, 0.2) is 79.0 Å². The molecule has 3 N–H and O–H groups in total. The van der Waals surface area contributed by atoms with Crippen LogP contribution in [0.3, 0.4) is 0 Å². The molecule has 2 heterocycles. The summed E-state index contributed by atoms with van der Waals surface area (Å²) in [5, 5.41) is 5.30. The first-order chi connectivity index (χ1) is 15.6. The van der Waals surface area contributed by atoms with Gasteiger partial charge in [0.25, 0.3) is 5.91 Å². The van der Waals surface area contributed by atoms with Gasteiger partial charge >= 0.3 is 0 Å². The highest BCUT2D eigenvalue weighted by molar-refractivity contribution is 6.08. The zero-order valence-electron chi connectivity index (χ0n) is 17.4. The lowest BCUT2D eigenvalue weighted by Crippen LogP contribution is -2.12. The fraction of sp³-hybridized carbons (Fsp3) is 0.0800. The highest BCUT2D eigenvalue weighted by atomic mass is 16.5. The van der Waals surface area contributed by atoms with Crippen molar-refractivity contribution in [3.8, 4) is 22.9 Å². The molecule has 0 bridgehead atoms. The van der Waals surface area contributed by atoms with Crippen LogP contribution in [0.25, 0.3) is 22.3 Å². The van der Waals surface area contributed by atoms with Crippen LogP contribution in [0.2, 0.25) is 0 Å². The average molecular weight is 423 g/mol. The molecule has 0 aliphatic rings. The van der Waals surface area contributed by atoms with Gasteiger partial charge < -0.3 is 15.5 Å². The van der Waals surface area contributed by atoms with Gasteiger partial charge in [-0.15, -0.1) is 0 Å². The third-order valence-electron chi connectivity index (χ3n) is 5.32.